The van der Waals surface area contributed by atoms with E-state index < -0.39 is 6.04 Å². The molecule has 0 aliphatic heterocycles. The zero-order valence-corrected chi connectivity index (χ0v) is 16.3. The Morgan fingerprint density at radius 2 is 1.75 bits per heavy atom. The molecule has 1 unspecified atom stereocenters. The largest absolute Gasteiger partial charge is 0.493 e. The van der Waals surface area contributed by atoms with Crippen molar-refractivity contribution in [3.63, 3.8) is 0 Å². The van der Waals surface area contributed by atoms with Crippen LogP contribution in [-0.4, -0.2) is 43.0 Å². The van der Waals surface area contributed by atoms with Crippen molar-refractivity contribution < 1.29 is 23.5 Å². The molecule has 0 radical (unpaired) electrons. The van der Waals surface area contributed by atoms with Gasteiger partial charge in [-0.15, -0.1) is 0 Å². The summed E-state index contributed by atoms with van der Waals surface area (Å²) in [6.07, 6.45) is 0. The van der Waals surface area contributed by atoms with Crippen LogP contribution in [0, 0.1) is 5.82 Å². The van der Waals surface area contributed by atoms with Crippen molar-refractivity contribution in [2.45, 2.75) is 26.4 Å². The van der Waals surface area contributed by atoms with Crippen LogP contribution in [0.25, 0.3) is 0 Å². The highest BCUT2D eigenvalue weighted by Crippen LogP contribution is 2.25. The molecule has 0 aliphatic carbocycles. The Hall–Kier alpha value is -3.09. The van der Waals surface area contributed by atoms with Gasteiger partial charge in [-0.05, 0) is 43.7 Å². The minimum absolute atomic E-state index is 0.159. The third kappa shape index (κ3) is 5.70. The van der Waals surface area contributed by atoms with Gasteiger partial charge < -0.3 is 19.7 Å². The van der Waals surface area contributed by atoms with E-state index in [1.165, 1.54) is 24.1 Å². The van der Waals surface area contributed by atoms with Crippen LogP contribution in [0.1, 0.15) is 19.4 Å². The van der Waals surface area contributed by atoms with Gasteiger partial charge in [0, 0.05) is 13.1 Å². The molecule has 0 fully saturated rings. The minimum Gasteiger partial charge on any atom is -0.493 e. The van der Waals surface area contributed by atoms with E-state index in [0.29, 0.717) is 23.6 Å². The van der Waals surface area contributed by atoms with Crippen LogP contribution in [0.3, 0.4) is 0 Å². The number of halogens is 1. The van der Waals surface area contributed by atoms with Gasteiger partial charge in [-0.25, -0.2) is 4.39 Å². The molecule has 2 aromatic rings. The number of carbonyl (C=O) groups is 2. The lowest BCUT2D eigenvalue weighted by Gasteiger charge is -2.28. The Balaban J connectivity index is 2.15. The zero-order valence-electron chi connectivity index (χ0n) is 16.3. The monoisotopic (exact) mass is 388 g/mol. The number of hydrogen-bond acceptors (Lipinski definition) is 4. The quantitative estimate of drug-likeness (QED) is 0.717. The van der Waals surface area contributed by atoms with Crippen LogP contribution in [0.4, 0.5) is 4.39 Å². The highest BCUT2D eigenvalue weighted by atomic mass is 19.1. The molecule has 0 saturated heterocycles. The van der Waals surface area contributed by atoms with E-state index in [0.717, 1.165) is 0 Å². The summed E-state index contributed by atoms with van der Waals surface area (Å²) >= 11 is 0. The molecule has 1 N–H and O–H groups in total. The molecule has 0 aliphatic rings. The molecule has 7 heteroatoms. The predicted molar refractivity (Wildman–Crippen MR) is 104 cm³/mol. The maximum atomic E-state index is 13.2. The Labute approximate surface area is 164 Å². The first kappa shape index (κ1) is 21.2. The summed E-state index contributed by atoms with van der Waals surface area (Å²) in [5, 5.41) is 2.71. The fourth-order valence-corrected chi connectivity index (χ4v) is 2.65. The number of ether oxygens (including phenoxy) is 2. The molecular formula is C21H25FN2O4. The summed E-state index contributed by atoms with van der Waals surface area (Å²) in [5.74, 6) is -0.0509. The molecule has 0 spiro atoms. The van der Waals surface area contributed by atoms with Crippen molar-refractivity contribution in [1.82, 2.24) is 10.2 Å². The highest BCUT2D eigenvalue weighted by molar-refractivity contribution is 5.87. The first-order chi connectivity index (χ1) is 13.5. The number of nitrogens with zero attached hydrogens (tertiary/aromatic N) is 1. The van der Waals surface area contributed by atoms with Crippen molar-refractivity contribution in [3.8, 4) is 11.5 Å². The van der Waals surface area contributed by atoms with Crippen molar-refractivity contribution in [1.29, 1.82) is 0 Å². The minimum atomic E-state index is -0.709. The molecule has 0 saturated carbocycles. The average molecular weight is 388 g/mol. The van der Waals surface area contributed by atoms with E-state index in [-0.39, 0.29) is 30.8 Å². The van der Waals surface area contributed by atoms with E-state index >= 15 is 0 Å². The molecule has 2 aromatic carbocycles. The number of rotatable bonds is 9. The van der Waals surface area contributed by atoms with E-state index in [2.05, 4.69) is 5.32 Å². The lowest BCUT2D eigenvalue weighted by atomic mass is 10.1. The number of amides is 2. The number of carbonyl (C=O) groups excluding carboxylic acids is 2. The zero-order chi connectivity index (χ0) is 20.5. The number of para-hydroxylation sites is 2. The summed E-state index contributed by atoms with van der Waals surface area (Å²) in [6.45, 7) is 3.81. The van der Waals surface area contributed by atoms with E-state index in [1.807, 2.05) is 6.92 Å². The van der Waals surface area contributed by atoms with Gasteiger partial charge in [-0.1, -0.05) is 24.3 Å². The van der Waals surface area contributed by atoms with Crippen LogP contribution in [-0.2, 0) is 16.1 Å². The molecule has 1 atom stereocenters. The van der Waals surface area contributed by atoms with E-state index in [1.54, 1.807) is 43.3 Å². The molecule has 28 heavy (non-hydrogen) atoms. The standard InChI is InChI=1S/C21H25FN2O4/c1-4-23-21(26)15(2)24(13-16-9-11-17(22)12-10-16)20(25)14-28-19-8-6-5-7-18(19)27-3/h5-12,15H,4,13-14H2,1-3H3,(H,23,26). The van der Waals surface area contributed by atoms with Gasteiger partial charge in [0.15, 0.2) is 18.1 Å². The van der Waals surface area contributed by atoms with Gasteiger partial charge in [0.25, 0.3) is 5.91 Å². The topological polar surface area (TPSA) is 67.9 Å². The van der Waals surface area contributed by atoms with Gasteiger partial charge in [-0.2, -0.15) is 0 Å². The summed E-state index contributed by atoms with van der Waals surface area (Å²) in [4.78, 5) is 26.5. The lowest BCUT2D eigenvalue weighted by molar-refractivity contribution is -0.142. The van der Waals surface area contributed by atoms with E-state index in [4.69, 9.17) is 9.47 Å². The van der Waals surface area contributed by atoms with Crippen LogP contribution in [0.2, 0.25) is 0 Å². The van der Waals surface area contributed by atoms with Gasteiger partial charge in [0.1, 0.15) is 11.9 Å². The van der Waals surface area contributed by atoms with Crippen molar-refractivity contribution in [2.75, 3.05) is 20.3 Å². The predicted octanol–water partition coefficient (Wildman–Crippen LogP) is 2.77. The maximum Gasteiger partial charge on any atom is 0.261 e. The van der Waals surface area contributed by atoms with Gasteiger partial charge in [0.05, 0.1) is 7.11 Å². The van der Waals surface area contributed by atoms with Crippen LogP contribution < -0.4 is 14.8 Å². The Bertz CT molecular complexity index is 795. The lowest BCUT2D eigenvalue weighted by Crippen LogP contribution is -2.49. The van der Waals surface area contributed by atoms with Crippen molar-refractivity contribution in [3.05, 3.63) is 59.9 Å². The van der Waals surface area contributed by atoms with Gasteiger partial charge in [-0.3, -0.25) is 9.59 Å². The summed E-state index contributed by atoms with van der Waals surface area (Å²) in [5.41, 5.74) is 0.711. The van der Waals surface area contributed by atoms with Crippen molar-refractivity contribution >= 4 is 11.8 Å². The van der Waals surface area contributed by atoms with Crippen LogP contribution >= 0.6 is 0 Å². The molecule has 2 rings (SSSR count). The number of benzene rings is 2. The number of nitrogens with one attached hydrogen (secondary N) is 1. The second-order valence-corrected chi connectivity index (χ2v) is 6.16. The fraction of sp³-hybridized carbons (Fsp3) is 0.333. The first-order valence-corrected chi connectivity index (χ1v) is 9.03. The Kier molecular flexibility index (Phi) is 7.80. The average Bonchev–Trinajstić information content (AvgIpc) is 2.71. The maximum absolute atomic E-state index is 13.2. The van der Waals surface area contributed by atoms with E-state index in [9.17, 15) is 14.0 Å². The molecule has 0 heterocycles. The summed E-state index contributed by atoms with van der Waals surface area (Å²) in [7, 11) is 1.52. The molecule has 150 valence electrons. The number of methoxy groups -OCH3 is 1. The molecule has 0 aromatic heterocycles. The third-order valence-electron chi connectivity index (χ3n) is 4.20. The van der Waals surface area contributed by atoms with Crippen molar-refractivity contribution in [2.24, 2.45) is 0 Å². The SMILES string of the molecule is CCNC(=O)C(C)N(Cc1ccc(F)cc1)C(=O)COc1ccccc1OC. The van der Waals surface area contributed by atoms with Crippen LogP contribution in [0.15, 0.2) is 48.5 Å². The van der Waals surface area contributed by atoms with Crippen LogP contribution in [0.5, 0.6) is 11.5 Å². The number of hydrogen-bond donors (Lipinski definition) is 1. The number of likely N-dealkylation sites (N-methyl/N-ethyl adjacent to an activating group) is 1. The first-order valence-electron chi connectivity index (χ1n) is 9.03. The third-order valence-corrected chi connectivity index (χ3v) is 4.20. The summed E-state index contributed by atoms with van der Waals surface area (Å²) in [6, 6.07) is 12.1. The van der Waals surface area contributed by atoms with Gasteiger partial charge >= 0.3 is 0 Å². The smallest absolute Gasteiger partial charge is 0.261 e. The van der Waals surface area contributed by atoms with Gasteiger partial charge in [0.2, 0.25) is 5.91 Å². The molecule has 2 amide bonds. The molecule has 0 bridgehead atoms. The molecular weight excluding hydrogens is 363 g/mol. The Morgan fingerprint density at radius 1 is 1.11 bits per heavy atom. The summed E-state index contributed by atoms with van der Waals surface area (Å²) < 4.78 is 24.0. The highest BCUT2D eigenvalue weighted by Gasteiger charge is 2.26. The second-order valence-electron chi connectivity index (χ2n) is 6.16. The molecule has 6 nitrogen and oxygen atoms in total. The normalized spacial score (nSPS) is 11.4. The Morgan fingerprint density at radius 3 is 2.36 bits per heavy atom. The fourth-order valence-electron chi connectivity index (χ4n) is 2.65. The second kappa shape index (κ2) is 10.3.